The first-order chi connectivity index (χ1) is 5.02. The van der Waals surface area contributed by atoms with Crippen LogP contribution in [0.15, 0.2) is 23.2 Å². The Hall–Kier alpha value is -0.800. The average molecular weight is 195 g/mol. The maximum Gasteiger partial charge on any atom is 0.338 e. The van der Waals surface area contributed by atoms with Gasteiger partial charge in [0.1, 0.15) is 0 Å². The van der Waals surface area contributed by atoms with Crippen LogP contribution in [0.1, 0.15) is 0 Å². The summed E-state index contributed by atoms with van der Waals surface area (Å²) in [5, 5.41) is 0. The summed E-state index contributed by atoms with van der Waals surface area (Å²) in [6, 6.07) is 0. The van der Waals surface area contributed by atoms with Crippen LogP contribution in [0.25, 0.3) is 0 Å². The summed E-state index contributed by atoms with van der Waals surface area (Å²) in [7, 11) is 0. The van der Waals surface area contributed by atoms with E-state index >= 15 is 0 Å². The Labute approximate surface area is 73.2 Å². The lowest BCUT2D eigenvalue weighted by Gasteiger charge is -1.80. The lowest BCUT2D eigenvalue weighted by Crippen LogP contribution is -1.96. The van der Waals surface area contributed by atoms with E-state index in [0.29, 0.717) is 0 Å². The van der Waals surface area contributed by atoms with E-state index in [9.17, 15) is 9.59 Å². The van der Waals surface area contributed by atoms with Gasteiger partial charge in [0.25, 0.3) is 0 Å². The topological polar surface area (TPSA) is 43.4 Å². The van der Waals surface area contributed by atoms with Gasteiger partial charge in [0.2, 0.25) is 0 Å². The number of halogens is 2. The normalized spacial score (nSPS) is 13.6. The second-order valence-electron chi connectivity index (χ2n) is 1.41. The van der Waals surface area contributed by atoms with E-state index in [1.807, 2.05) is 0 Å². The molecule has 1 aliphatic rings. The van der Waals surface area contributed by atoms with Gasteiger partial charge in [-0.05, 0) is 0 Å². The van der Waals surface area contributed by atoms with Gasteiger partial charge in [-0.1, -0.05) is 29.8 Å². The molecule has 0 N–H and O–H groups in total. The average Bonchev–Trinajstić information content (AvgIpc) is 2.13. The van der Waals surface area contributed by atoms with E-state index in [1.54, 1.807) is 0 Å². The van der Waals surface area contributed by atoms with Crippen LogP contribution in [0.4, 0.5) is 0 Å². The van der Waals surface area contributed by atoms with Crippen molar-refractivity contribution in [3.8, 4) is 0 Å². The summed E-state index contributed by atoms with van der Waals surface area (Å²) in [6.07, 6.45) is 2.17. The summed E-state index contributed by atoms with van der Waals surface area (Å²) < 4.78 is 4.08. The quantitative estimate of drug-likeness (QED) is 0.435. The molecule has 60 valence electrons. The van der Waals surface area contributed by atoms with Gasteiger partial charge in [0, 0.05) is 12.2 Å². The minimum atomic E-state index is -0.579. The van der Waals surface area contributed by atoms with Gasteiger partial charge in [-0.2, -0.15) is 0 Å². The van der Waals surface area contributed by atoms with E-state index in [2.05, 4.69) is 11.3 Å². The molecule has 0 fully saturated rings. The Morgan fingerprint density at radius 1 is 1.27 bits per heavy atom. The second kappa shape index (κ2) is 4.93. The summed E-state index contributed by atoms with van der Waals surface area (Å²) in [4.78, 5) is 19.8. The molecule has 0 amide bonds. The standard InChI is InChI=1S/C4H2O3.C2H2Cl2/c5-3-1-2-4(6)7-3;1-2(3)4/h1-2H;1H2. The molecule has 0 spiro atoms. The molecule has 0 atom stereocenters. The van der Waals surface area contributed by atoms with Crippen molar-refractivity contribution in [1.29, 1.82) is 0 Å². The molecule has 1 heterocycles. The number of hydrogen-bond donors (Lipinski definition) is 0. The van der Waals surface area contributed by atoms with E-state index < -0.39 is 11.9 Å². The largest absolute Gasteiger partial charge is 0.387 e. The molecule has 5 heteroatoms. The van der Waals surface area contributed by atoms with Crippen LogP contribution in [-0.2, 0) is 14.3 Å². The fraction of sp³-hybridized carbons (Fsp3) is 0. The second-order valence-corrected chi connectivity index (χ2v) is 2.52. The molecule has 0 saturated heterocycles. The third kappa shape index (κ3) is 7.09. The summed E-state index contributed by atoms with van der Waals surface area (Å²) in [6.45, 7) is 3.09. The van der Waals surface area contributed by atoms with Gasteiger partial charge < -0.3 is 4.74 Å². The summed E-state index contributed by atoms with van der Waals surface area (Å²) in [5.41, 5.74) is 0. The molecule has 0 unspecified atom stereocenters. The zero-order valence-electron chi connectivity index (χ0n) is 5.34. The van der Waals surface area contributed by atoms with Gasteiger partial charge in [-0.3, -0.25) is 0 Å². The molecule has 0 aromatic rings. The van der Waals surface area contributed by atoms with Crippen LogP contribution in [0.2, 0.25) is 0 Å². The molecular formula is C6H4Cl2O3. The number of carbonyl (C=O) groups is 2. The Bertz CT molecular complexity index is 200. The first-order valence-corrected chi connectivity index (χ1v) is 3.21. The first kappa shape index (κ1) is 10.2. The van der Waals surface area contributed by atoms with Crippen molar-refractivity contribution in [2.75, 3.05) is 0 Å². The van der Waals surface area contributed by atoms with E-state index in [4.69, 9.17) is 23.2 Å². The number of rotatable bonds is 0. The molecule has 1 aliphatic heterocycles. The monoisotopic (exact) mass is 194 g/mol. The number of esters is 2. The molecule has 0 saturated carbocycles. The van der Waals surface area contributed by atoms with Crippen molar-refractivity contribution < 1.29 is 14.3 Å². The van der Waals surface area contributed by atoms with E-state index in [-0.39, 0.29) is 4.49 Å². The summed E-state index contributed by atoms with van der Waals surface area (Å²) in [5.74, 6) is -1.16. The first-order valence-electron chi connectivity index (χ1n) is 2.46. The lowest BCUT2D eigenvalue weighted by molar-refractivity contribution is -0.150. The highest BCUT2D eigenvalue weighted by Gasteiger charge is 2.10. The summed E-state index contributed by atoms with van der Waals surface area (Å²) >= 11 is 9.69. The van der Waals surface area contributed by atoms with Crippen LogP contribution in [-0.4, -0.2) is 11.9 Å². The predicted molar refractivity (Wildman–Crippen MR) is 41.1 cm³/mol. The van der Waals surface area contributed by atoms with Crippen molar-refractivity contribution >= 4 is 35.1 Å². The van der Waals surface area contributed by atoms with Crippen LogP contribution >= 0.6 is 23.2 Å². The fourth-order valence-corrected chi connectivity index (χ4v) is 0.303. The van der Waals surface area contributed by atoms with Crippen LogP contribution < -0.4 is 0 Å². The number of cyclic esters (lactones) is 2. The van der Waals surface area contributed by atoms with Gasteiger partial charge in [-0.15, -0.1) is 0 Å². The Kier molecular flexibility index (Phi) is 4.57. The number of hydrogen-bond acceptors (Lipinski definition) is 3. The zero-order chi connectivity index (χ0) is 8.85. The fourth-order valence-electron chi connectivity index (χ4n) is 0.303. The molecule has 1 rings (SSSR count). The van der Waals surface area contributed by atoms with Gasteiger partial charge in [0.15, 0.2) is 0 Å². The Balaban J connectivity index is 0.000000218. The van der Waals surface area contributed by atoms with Gasteiger partial charge in [-0.25, -0.2) is 9.59 Å². The molecule has 0 bridgehead atoms. The maximum atomic E-state index is 9.92. The SMILES string of the molecule is C=C(Cl)Cl.O=C1C=CC(=O)O1. The Morgan fingerprint density at radius 3 is 1.64 bits per heavy atom. The maximum absolute atomic E-state index is 9.92. The molecule has 11 heavy (non-hydrogen) atoms. The van der Waals surface area contributed by atoms with Gasteiger partial charge in [0.05, 0.1) is 4.49 Å². The molecule has 0 aromatic carbocycles. The third-order valence-corrected chi connectivity index (χ3v) is 0.557. The smallest absolute Gasteiger partial charge is 0.338 e. The van der Waals surface area contributed by atoms with E-state index in [0.717, 1.165) is 12.2 Å². The molecule has 0 aromatic heterocycles. The predicted octanol–water partition coefficient (Wildman–Crippen LogP) is 1.56. The third-order valence-electron chi connectivity index (χ3n) is 0.557. The highest BCUT2D eigenvalue weighted by molar-refractivity contribution is 6.55. The molecular weight excluding hydrogens is 191 g/mol. The molecule has 0 radical (unpaired) electrons. The number of carbonyl (C=O) groups excluding carboxylic acids is 2. The zero-order valence-corrected chi connectivity index (χ0v) is 6.85. The van der Waals surface area contributed by atoms with Crippen LogP contribution in [0, 0.1) is 0 Å². The minimum absolute atomic E-state index is 0.111. The number of ether oxygens (including phenoxy) is 1. The van der Waals surface area contributed by atoms with Crippen LogP contribution in [0.3, 0.4) is 0 Å². The van der Waals surface area contributed by atoms with Crippen molar-refractivity contribution in [2.24, 2.45) is 0 Å². The van der Waals surface area contributed by atoms with Crippen molar-refractivity contribution in [2.45, 2.75) is 0 Å². The highest BCUT2D eigenvalue weighted by atomic mass is 35.5. The van der Waals surface area contributed by atoms with Crippen molar-refractivity contribution in [1.82, 2.24) is 0 Å². The van der Waals surface area contributed by atoms with Gasteiger partial charge >= 0.3 is 11.9 Å². The lowest BCUT2D eigenvalue weighted by atomic mass is 10.6. The Morgan fingerprint density at radius 2 is 1.55 bits per heavy atom. The van der Waals surface area contributed by atoms with Crippen molar-refractivity contribution in [3.05, 3.63) is 23.2 Å². The molecule has 3 nitrogen and oxygen atoms in total. The highest BCUT2D eigenvalue weighted by Crippen LogP contribution is 1.98. The molecule has 0 aliphatic carbocycles. The minimum Gasteiger partial charge on any atom is -0.387 e. The van der Waals surface area contributed by atoms with E-state index in [1.165, 1.54) is 0 Å². The van der Waals surface area contributed by atoms with Crippen molar-refractivity contribution in [3.63, 3.8) is 0 Å². The van der Waals surface area contributed by atoms with Crippen LogP contribution in [0.5, 0.6) is 0 Å².